The van der Waals surface area contributed by atoms with Gasteiger partial charge in [0.25, 0.3) is 0 Å². The normalized spacial score (nSPS) is 27.3. The van der Waals surface area contributed by atoms with E-state index in [1.807, 2.05) is 6.08 Å². The summed E-state index contributed by atoms with van der Waals surface area (Å²) in [7, 11) is 0. The Labute approximate surface area is 74.2 Å². The van der Waals surface area contributed by atoms with E-state index in [0.717, 1.165) is 32.1 Å². The zero-order chi connectivity index (χ0) is 8.81. The number of hydrogen-bond donors (Lipinski definition) is 0. The number of carbonyl (C=O) groups excluding carboxylic acids is 1. The average molecular weight is 164 g/mol. The third-order valence-electron chi connectivity index (χ3n) is 2.31. The van der Waals surface area contributed by atoms with Crippen LogP contribution in [0.4, 0.5) is 0 Å². The van der Waals surface area contributed by atoms with E-state index in [4.69, 9.17) is 0 Å². The smallest absolute Gasteiger partial charge is 0.136 e. The van der Waals surface area contributed by atoms with Crippen molar-refractivity contribution in [2.75, 3.05) is 0 Å². The molecular weight excluding hydrogens is 148 g/mol. The summed E-state index contributed by atoms with van der Waals surface area (Å²) in [5, 5.41) is 0. The summed E-state index contributed by atoms with van der Waals surface area (Å²) in [6.07, 6.45) is 10.7. The van der Waals surface area contributed by atoms with Crippen molar-refractivity contribution in [3.63, 3.8) is 0 Å². The van der Waals surface area contributed by atoms with E-state index in [0.29, 0.717) is 5.78 Å². The Bertz CT molecular complexity index is 191. The summed E-state index contributed by atoms with van der Waals surface area (Å²) < 4.78 is 0. The van der Waals surface area contributed by atoms with Gasteiger partial charge in [-0.1, -0.05) is 18.2 Å². The lowest BCUT2D eigenvalue weighted by molar-refractivity contribution is -0.122. The van der Waals surface area contributed by atoms with Crippen LogP contribution in [0, 0.1) is 5.92 Å². The number of allylic oxidation sites excluding steroid dienone is 3. The second kappa shape index (κ2) is 4.91. The van der Waals surface area contributed by atoms with E-state index in [-0.39, 0.29) is 5.92 Å². The molecule has 0 saturated carbocycles. The van der Waals surface area contributed by atoms with Gasteiger partial charge in [-0.2, -0.15) is 0 Å². The second-order valence-electron chi connectivity index (χ2n) is 3.28. The number of rotatable bonds is 2. The number of hydrogen-bond acceptors (Lipinski definition) is 1. The highest BCUT2D eigenvalue weighted by Gasteiger charge is 2.16. The molecule has 0 saturated heterocycles. The van der Waals surface area contributed by atoms with Gasteiger partial charge in [-0.15, -0.1) is 6.58 Å². The molecule has 0 spiro atoms. The van der Waals surface area contributed by atoms with Crippen LogP contribution in [0.2, 0.25) is 0 Å². The molecule has 66 valence electrons. The molecule has 12 heavy (non-hydrogen) atoms. The Kier molecular flexibility index (Phi) is 3.78. The maximum Gasteiger partial charge on any atom is 0.136 e. The number of carbonyl (C=O) groups is 1. The van der Waals surface area contributed by atoms with E-state index < -0.39 is 0 Å². The van der Waals surface area contributed by atoms with Gasteiger partial charge in [-0.25, -0.2) is 0 Å². The standard InChI is InChI=1S/C11H16O/c1-2-7-10-8-5-3-4-6-9-11(10)12/h2-4,10H,1,5-9H2/b4-3-. The van der Waals surface area contributed by atoms with E-state index in [9.17, 15) is 4.79 Å². The van der Waals surface area contributed by atoms with Crippen molar-refractivity contribution in [3.05, 3.63) is 24.8 Å². The topological polar surface area (TPSA) is 17.1 Å². The summed E-state index contributed by atoms with van der Waals surface area (Å²) in [5.74, 6) is 0.659. The van der Waals surface area contributed by atoms with Crippen LogP contribution in [-0.2, 0) is 4.79 Å². The molecule has 0 aliphatic heterocycles. The van der Waals surface area contributed by atoms with Crippen molar-refractivity contribution in [2.45, 2.75) is 32.1 Å². The van der Waals surface area contributed by atoms with E-state index in [1.54, 1.807) is 0 Å². The summed E-state index contributed by atoms with van der Waals surface area (Å²) in [6.45, 7) is 3.67. The average Bonchev–Trinajstić information content (AvgIpc) is 2.05. The fourth-order valence-electron chi connectivity index (χ4n) is 1.57. The zero-order valence-corrected chi connectivity index (χ0v) is 7.46. The van der Waals surface area contributed by atoms with Crippen molar-refractivity contribution < 1.29 is 4.79 Å². The van der Waals surface area contributed by atoms with Gasteiger partial charge in [0.15, 0.2) is 0 Å². The predicted molar refractivity (Wildman–Crippen MR) is 50.9 cm³/mol. The van der Waals surface area contributed by atoms with Gasteiger partial charge in [-0.05, 0) is 25.7 Å². The fourth-order valence-corrected chi connectivity index (χ4v) is 1.57. The Morgan fingerprint density at radius 3 is 3.00 bits per heavy atom. The first-order valence-electron chi connectivity index (χ1n) is 4.63. The van der Waals surface area contributed by atoms with Gasteiger partial charge < -0.3 is 0 Å². The third-order valence-corrected chi connectivity index (χ3v) is 2.31. The van der Waals surface area contributed by atoms with E-state index in [2.05, 4.69) is 18.7 Å². The maximum absolute atomic E-state index is 11.5. The lowest BCUT2D eigenvalue weighted by Gasteiger charge is -2.13. The van der Waals surface area contributed by atoms with Crippen LogP contribution in [0.15, 0.2) is 24.8 Å². The molecule has 1 atom stereocenters. The minimum atomic E-state index is 0.243. The molecule has 1 aliphatic carbocycles. The lowest BCUT2D eigenvalue weighted by Crippen LogP contribution is -2.14. The van der Waals surface area contributed by atoms with Gasteiger partial charge in [0.05, 0.1) is 0 Å². The van der Waals surface area contributed by atoms with Crippen molar-refractivity contribution in [1.29, 1.82) is 0 Å². The highest BCUT2D eigenvalue weighted by Crippen LogP contribution is 2.18. The Balaban J connectivity index is 2.51. The number of Topliss-reactive ketones (excluding diaryl/α,β-unsaturated/α-hetero) is 1. The molecule has 1 heteroatoms. The Morgan fingerprint density at radius 2 is 2.25 bits per heavy atom. The molecule has 0 heterocycles. The maximum atomic E-state index is 11.5. The molecule has 0 amide bonds. The summed E-state index contributed by atoms with van der Waals surface area (Å²) in [6, 6.07) is 0. The lowest BCUT2D eigenvalue weighted by atomic mass is 9.90. The van der Waals surface area contributed by atoms with E-state index >= 15 is 0 Å². The first-order valence-corrected chi connectivity index (χ1v) is 4.63. The largest absolute Gasteiger partial charge is 0.299 e. The first kappa shape index (κ1) is 9.24. The van der Waals surface area contributed by atoms with Crippen molar-refractivity contribution in [1.82, 2.24) is 0 Å². The van der Waals surface area contributed by atoms with Crippen molar-refractivity contribution >= 4 is 5.78 Å². The first-order chi connectivity index (χ1) is 5.84. The monoisotopic (exact) mass is 164 g/mol. The molecule has 1 unspecified atom stereocenters. The summed E-state index contributed by atoms with van der Waals surface area (Å²) in [5.41, 5.74) is 0. The second-order valence-corrected chi connectivity index (χ2v) is 3.28. The molecule has 0 aromatic carbocycles. The Hall–Kier alpha value is -0.850. The van der Waals surface area contributed by atoms with Crippen LogP contribution < -0.4 is 0 Å². The SMILES string of the molecule is C=CCC1CC/C=C\CCC1=O. The summed E-state index contributed by atoms with van der Waals surface area (Å²) in [4.78, 5) is 11.5. The predicted octanol–water partition coefficient (Wildman–Crippen LogP) is 2.88. The number of ketones is 1. The summed E-state index contributed by atoms with van der Waals surface area (Å²) >= 11 is 0. The zero-order valence-electron chi connectivity index (χ0n) is 7.46. The van der Waals surface area contributed by atoms with Crippen LogP contribution in [0.25, 0.3) is 0 Å². The molecule has 0 bridgehead atoms. The van der Waals surface area contributed by atoms with E-state index in [1.165, 1.54) is 0 Å². The minimum absolute atomic E-state index is 0.243. The van der Waals surface area contributed by atoms with Crippen LogP contribution in [0.5, 0.6) is 0 Å². The van der Waals surface area contributed by atoms with Gasteiger partial charge in [0.2, 0.25) is 0 Å². The molecule has 0 fully saturated rings. The highest BCUT2D eigenvalue weighted by atomic mass is 16.1. The van der Waals surface area contributed by atoms with Gasteiger partial charge >= 0.3 is 0 Å². The molecule has 0 N–H and O–H groups in total. The van der Waals surface area contributed by atoms with Gasteiger partial charge in [0, 0.05) is 12.3 Å². The van der Waals surface area contributed by atoms with Crippen LogP contribution in [-0.4, -0.2) is 5.78 Å². The van der Waals surface area contributed by atoms with Crippen LogP contribution in [0.1, 0.15) is 32.1 Å². The van der Waals surface area contributed by atoms with Crippen LogP contribution >= 0.6 is 0 Å². The van der Waals surface area contributed by atoms with Gasteiger partial charge in [0.1, 0.15) is 5.78 Å². The van der Waals surface area contributed by atoms with Crippen molar-refractivity contribution in [2.24, 2.45) is 5.92 Å². The molecule has 1 rings (SSSR count). The fraction of sp³-hybridized carbons (Fsp3) is 0.545. The van der Waals surface area contributed by atoms with Crippen molar-refractivity contribution in [3.8, 4) is 0 Å². The molecule has 0 radical (unpaired) electrons. The molecule has 0 aromatic heterocycles. The quantitative estimate of drug-likeness (QED) is 0.573. The molecule has 0 aromatic rings. The highest BCUT2D eigenvalue weighted by molar-refractivity contribution is 5.81. The molecular formula is C11H16O. The minimum Gasteiger partial charge on any atom is -0.299 e. The molecule has 1 aliphatic rings. The van der Waals surface area contributed by atoms with Gasteiger partial charge in [-0.3, -0.25) is 4.79 Å². The Morgan fingerprint density at radius 1 is 1.50 bits per heavy atom. The van der Waals surface area contributed by atoms with Crippen LogP contribution in [0.3, 0.4) is 0 Å². The molecule has 1 nitrogen and oxygen atoms in total. The third kappa shape index (κ3) is 2.65.